The van der Waals surface area contributed by atoms with Crippen LogP contribution in [-0.2, 0) is 0 Å². The SMILES string of the molecule is c1ccc(-n2c3ccccc3c3cc(-c4ccc5c(c4)c4ccccc4n5-c4ccc5c6cccc7c8ccccc8n(c5c4)c76)ccc32)cc1. The predicted octanol–water partition coefficient (Wildman–Crippen LogP) is 12.7. The van der Waals surface area contributed by atoms with Crippen LogP contribution in [0.4, 0.5) is 0 Å². The summed E-state index contributed by atoms with van der Waals surface area (Å²) in [5.74, 6) is 0. The first-order valence-corrected chi connectivity index (χ1v) is 17.6. The monoisotopic (exact) mass is 647 g/mol. The first-order chi connectivity index (χ1) is 25.3. The molecule has 0 spiro atoms. The van der Waals surface area contributed by atoms with Gasteiger partial charge in [0.25, 0.3) is 0 Å². The molecule has 0 aliphatic carbocycles. The fourth-order valence-electron chi connectivity index (χ4n) is 9.00. The molecule has 0 fully saturated rings. The Bertz CT molecular complexity index is 3360. The molecule has 0 saturated heterocycles. The topological polar surface area (TPSA) is 14.3 Å². The smallest absolute Gasteiger partial charge is 0.0620 e. The molecule has 0 atom stereocenters. The molecule has 0 unspecified atom stereocenters. The van der Waals surface area contributed by atoms with Gasteiger partial charge in [0.2, 0.25) is 0 Å². The summed E-state index contributed by atoms with van der Waals surface area (Å²) in [7, 11) is 0. The number of rotatable bonds is 3. The summed E-state index contributed by atoms with van der Waals surface area (Å²) in [5, 5.41) is 10.3. The molecule has 3 nitrogen and oxygen atoms in total. The number of nitrogens with zero attached hydrogens (tertiary/aromatic N) is 3. The Kier molecular flexibility index (Phi) is 5.23. The van der Waals surface area contributed by atoms with Gasteiger partial charge in [-0.3, -0.25) is 0 Å². The van der Waals surface area contributed by atoms with E-state index in [-0.39, 0.29) is 0 Å². The zero-order chi connectivity index (χ0) is 33.2. The Hall–Kier alpha value is -6.84. The molecule has 4 heterocycles. The number of fused-ring (bicyclic) bond motifs is 12. The third kappa shape index (κ3) is 3.57. The summed E-state index contributed by atoms with van der Waals surface area (Å²) in [4.78, 5) is 0. The van der Waals surface area contributed by atoms with Gasteiger partial charge < -0.3 is 13.5 Å². The normalized spacial score (nSPS) is 12.3. The maximum absolute atomic E-state index is 2.47. The fourth-order valence-corrected chi connectivity index (χ4v) is 9.00. The van der Waals surface area contributed by atoms with Crippen LogP contribution in [0.25, 0.3) is 104 Å². The average molecular weight is 648 g/mol. The number of hydrogen-bond donors (Lipinski definition) is 0. The van der Waals surface area contributed by atoms with E-state index < -0.39 is 0 Å². The Balaban J connectivity index is 1.07. The molecule has 0 saturated carbocycles. The first kappa shape index (κ1) is 27.0. The lowest BCUT2D eigenvalue weighted by atomic mass is 10.0. The predicted molar refractivity (Wildman–Crippen MR) is 215 cm³/mol. The van der Waals surface area contributed by atoms with Crippen molar-refractivity contribution in [3.8, 4) is 22.5 Å². The second-order valence-corrected chi connectivity index (χ2v) is 13.8. The largest absolute Gasteiger partial charge is 0.309 e. The minimum Gasteiger partial charge on any atom is -0.309 e. The van der Waals surface area contributed by atoms with Crippen molar-refractivity contribution in [1.29, 1.82) is 0 Å². The molecular formula is C48H29N3. The maximum atomic E-state index is 2.47. The van der Waals surface area contributed by atoms with E-state index in [0.717, 1.165) is 0 Å². The van der Waals surface area contributed by atoms with E-state index in [2.05, 4.69) is 189 Å². The number of para-hydroxylation sites is 5. The van der Waals surface area contributed by atoms with E-state index in [1.807, 2.05) is 0 Å². The van der Waals surface area contributed by atoms with Gasteiger partial charge in [0.05, 0.1) is 38.6 Å². The summed E-state index contributed by atoms with van der Waals surface area (Å²) in [6, 6.07) is 64.7. The summed E-state index contributed by atoms with van der Waals surface area (Å²) in [6.45, 7) is 0. The number of benzene rings is 8. The summed E-state index contributed by atoms with van der Waals surface area (Å²) in [5.41, 5.74) is 13.4. The van der Waals surface area contributed by atoms with E-state index >= 15 is 0 Å². The van der Waals surface area contributed by atoms with Crippen molar-refractivity contribution in [2.75, 3.05) is 0 Å². The van der Waals surface area contributed by atoms with Crippen molar-refractivity contribution >= 4 is 81.7 Å². The van der Waals surface area contributed by atoms with E-state index in [0.29, 0.717) is 0 Å². The molecule has 8 aromatic carbocycles. The van der Waals surface area contributed by atoms with E-state index in [1.165, 1.54) is 104 Å². The Morgan fingerprint density at radius 2 is 0.725 bits per heavy atom. The van der Waals surface area contributed by atoms with E-state index in [9.17, 15) is 0 Å². The quantitative estimate of drug-likeness (QED) is 0.181. The molecule has 4 aromatic heterocycles. The van der Waals surface area contributed by atoms with Crippen LogP contribution in [-0.4, -0.2) is 13.5 Å². The van der Waals surface area contributed by atoms with Crippen LogP contribution in [0.3, 0.4) is 0 Å². The van der Waals surface area contributed by atoms with Gasteiger partial charge in [0.1, 0.15) is 0 Å². The second-order valence-electron chi connectivity index (χ2n) is 13.8. The average Bonchev–Trinajstić information content (AvgIpc) is 3.92. The van der Waals surface area contributed by atoms with Crippen LogP contribution >= 0.6 is 0 Å². The standard InChI is InChI=1S/C48H29N3/c1-2-11-32(12-3-1)49-42-18-7-5-14-35(42)40-27-30(21-25-45(40)49)31-22-26-46-41(28-31)36-15-6-8-19-43(36)50(46)33-23-24-37-39-17-10-16-38-34-13-4-9-20-44(34)51(48(38)39)47(37)29-33/h1-29H. The van der Waals surface area contributed by atoms with Gasteiger partial charge in [-0.05, 0) is 77.9 Å². The zero-order valence-electron chi connectivity index (χ0n) is 27.6. The molecule has 12 aromatic rings. The molecule has 12 rings (SSSR count). The van der Waals surface area contributed by atoms with Crippen molar-refractivity contribution < 1.29 is 0 Å². The van der Waals surface area contributed by atoms with Gasteiger partial charge in [-0.1, -0.05) is 109 Å². The summed E-state index contributed by atoms with van der Waals surface area (Å²) in [6.07, 6.45) is 0. The van der Waals surface area contributed by atoms with Crippen LogP contribution in [0.15, 0.2) is 176 Å². The lowest BCUT2D eigenvalue weighted by Crippen LogP contribution is -1.94. The minimum absolute atomic E-state index is 1.17. The molecule has 236 valence electrons. The minimum atomic E-state index is 1.17. The van der Waals surface area contributed by atoms with Crippen LogP contribution < -0.4 is 0 Å². The van der Waals surface area contributed by atoms with Crippen LogP contribution in [0.2, 0.25) is 0 Å². The van der Waals surface area contributed by atoms with Gasteiger partial charge in [0.15, 0.2) is 0 Å². The van der Waals surface area contributed by atoms with Gasteiger partial charge in [0, 0.05) is 54.5 Å². The van der Waals surface area contributed by atoms with Crippen LogP contribution in [0, 0.1) is 0 Å². The highest BCUT2D eigenvalue weighted by Crippen LogP contribution is 2.42. The molecule has 0 aliphatic heterocycles. The van der Waals surface area contributed by atoms with Crippen LogP contribution in [0.5, 0.6) is 0 Å². The molecule has 0 aliphatic rings. The van der Waals surface area contributed by atoms with Gasteiger partial charge in [-0.2, -0.15) is 0 Å². The van der Waals surface area contributed by atoms with E-state index in [1.54, 1.807) is 0 Å². The second kappa shape index (κ2) is 9.87. The molecule has 0 N–H and O–H groups in total. The number of hydrogen-bond acceptors (Lipinski definition) is 0. The third-order valence-electron chi connectivity index (χ3n) is 11.2. The molecule has 0 radical (unpaired) electrons. The van der Waals surface area contributed by atoms with Crippen molar-refractivity contribution in [3.63, 3.8) is 0 Å². The Morgan fingerprint density at radius 3 is 1.35 bits per heavy atom. The fraction of sp³-hybridized carbons (Fsp3) is 0. The molecule has 0 amide bonds. The lowest BCUT2D eigenvalue weighted by Gasteiger charge is -2.10. The summed E-state index contributed by atoms with van der Waals surface area (Å²) < 4.78 is 7.29. The van der Waals surface area contributed by atoms with Gasteiger partial charge in [-0.25, -0.2) is 0 Å². The van der Waals surface area contributed by atoms with Crippen LogP contribution in [0.1, 0.15) is 0 Å². The van der Waals surface area contributed by atoms with Gasteiger partial charge in [-0.15, -0.1) is 0 Å². The molecule has 51 heavy (non-hydrogen) atoms. The zero-order valence-corrected chi connectivity index (χ0v) is 27.6. The summed E-state index contributed by atoms with van der Waals surface area (Å²) >= 11 is 0. The van der Waals surface area contributed by atoms with Crippen molar-refractivity contribution in [1.82, 2.24) is 13.5 Å². The molecule has 0 bridgehead atoms. The highest BCUT2D eigenvalue weighted by molar-refractivity contribution is 6.23. The molecule has 3 heteroatoms. The van der Waals surface area contributed by atoms with Crippen molar-refractivity contribution in [2.45, 2.75) is 0 Å². The highest BCUT2D eigenvalue weighted by Gasteiger charge is 2.20. The molecular weight excluding hydrogens is 619 g/mol. The Labute approximate surface area is 292 Å². The maximum Gasteiger partial charge on any atom is 0.0620 e. The van der Waals surface area contributed by atoms with E-state index in [4.69, 9.17) is 0 Å². The van der Waals surface area contributed by atoms with Crippen molar-refractivity contribution in [2.24, 2.45) is 0 Å². The lowest BCUT2D eigenvalue weighted by molar-refractivity contribution is 1.18. The van der Waals surface area contributed by atoms with Crippen molar-refractivity contribution in [3.05, 3.63) is 176 Å². The number of aromatic nitrogens is 3. The Morgan fingerprint density at radius 1 is 0.255 bits per heavy atom. The third-order valence-corrected chi connectivity index (χ3v) is 11.2. The first-order valence-electron chi connectivity index (χ1n) is 17.6. The highest BCUT2D eigenvalue weighted by atomic mass is 15.0. The van der Waals surface area contributed by atoms with Gasteiger partial charge >= 0.3 is 0 Å².